The Morgan fingerprint density at radius 1 is 1.69 bits per heavy atom. The van der Waals surface area contributed by atoms with Gasteiger partial charge < -0.3 is 11.1 Å². The zero-order chi connectivity index (χ0) is 9.68. The number of hydrogen-bond donors (Lipinski definition) is 2. The Morgan fingerprint density at radius 2 is 2.46 bits per heavy atom. The predicted octanol–water partition coefficient (Wildman–Crippen LogP) is 1.28. The van der Waals surface area contributed by atoms with E-state index in [1.54, 1.807) is 6.20 Å². The molecule has 13 heavy (non-hydrogen) atoms. The quantitative estimate of drug-likeness (QED) is 0.838. The number of nitrogens with two attached hydrogens (primary N) is 1. The minimum atomic E-state index is 0.328. The summed E-state index contributed by atoms with van der Waals surface area (Å²) in [5.41, 5.74) is 6.50. The molecule has 0 saturated carbocycles. The molecular weight excluding hydrogens is 230 g/mol. The van der Waals surface area contributed by atoms with E-state index in [2.05, 4.69) is 33.2 Å². The third kappa shape index (κ3) is 3.42. The molecule has 1 rings (SSSR count). The SMILES string of the molecule is C[C@@H](CN)NCc1ncccc1Br. The van der Waals surface area contributed by atoms with E-state index >= 15 is 0 Å². The molecule has 0 aromatic carbocycles. The lowest BCUT2D eigenvalue weighted by molar-refractivity contribution is 0.549. The van der Waals surface area contributed by atoms with E-state index in [1.165, 1.54) is 0 Å². The van der Waals surface area contributed by atoms with E-state index < -0.39 is 0 Å². The number of nitrogens with one attached hydrogen (secondary N) is 1. The summed E-state index contributed by atoms with van der Waals surface area (Å²) in [5.74, 6) is 0. The second-order valence-electron chi connectivity index (χ2n) is 2.95. The van der Waals surface area contributed by atoms with Gasteiger partial charge in [0.05, 0.1) is 5.69 Å². The van der Waals surface area contributed by atoms with Crippen LogP contribution >= 0.6 is 15.9 Å². The standard InChI is InChI=1S/C9H14BrN3/c1-7(5-11)13-6-9-8(10)3-2-4-12-9/h2-4,7,13H,5-6,11H2,1H3/t7-/m0/s1. The van der Waals surface area contributed by atoms with Gasteiger partial charge in [0.25, 0.3) is 0 Å². The van der Waals surface area contributed by atoms with Crippen molar-refractivity contribution >= 4 is 15.9 Å². The number of pyridine rings is 1. The van der Waals surface area contributed by atoms with Crippen LogP contribution in [0.25, 0.3) is 0 Å². The van der Waals surface area contributed by atoms with Crippen molar-refractivity contribution in [3.05, 3.63) is 28.5 Å². The zero-order valence-corrected chi connectivity index (χ0v) is 9.21. The van der Waals surface area contributed by atoms with E-state index in [0.29, 0.717) is 12.6 Å². The molecule has 1 aromatic heterocycles. The topological polar surface area (TPSA) is 50.9 Å². The summed E-state index contributed by atoms with van der Waals surface area (Å²) in [5, 5.41) is 3.27. The minimum Gasteiger partial charge on any atom is -0.329 e. The van der Waals surface area contributed by atoms with Crippen molar-refractivity contribution in [1.29, 1.82) is 0 Å². The Morgan fingerprint density at radius 3 is 3.08 bits per heavy atom. The maximum absolute atomic E-state index is 5.48. The first-order valence-corrected chi connectivity index (χ1v) is 5.06. The summed E-state index contributed by atoms with van der Waals surface area (Å²) in [7, 11) is 0. The van der Waals surface area contributed by atoms with Gasteiger partial charge in [0.15, 0.2) is 0 Å². The second kappa shape index (κ2) is 5.32. The number of hydrogen-bond acceptors (Lipinski definition) is 3. The average Bonchev–Trinajstić information content (AvgIpc) is 2.16. The molecule has 0 fully saturated rings. The van der Waals surface area contributed by atoms with Crippen molar-refractivity contribution in [2.45, 2.75) is 19.5 Å². The van der Waals surface area contributed by atoms with Gasteiger partial charge >= 0.3 is 0 Å². The first-order valence-electron chi connectivity index (χ1n) is 4.27. The van der Waals surface area contributed by atoms with Crippen LogP contribution in [0.15, 0.2) is 22.8 Å². The largest absolute Gasteiger partial charge is 0.329 e. The summed E-state index contributed by atoms with van der Waals surface area (Å²) in [6.45, 7) is 3.45. The summed E-state index contributed by atoms with van der Waals surface area (Å²) in [4.78, 5) is 4.23. The van der Waals surface area contributed by atoms with Crippen molar-refractivity contribution in [3.63, 3.8) is 0 Å². The predicted molar refractivity (Wildman–Crippen MR) is 57.3 cm³/mol. The van der Waals surface area contributed by atoms with Crippen LogP contribution in [0, 0.1) is 0 Å². The molecule has 0 spiro atoms. The smallest absolute Gasteiger partial charge is 0.0683 e. The molecule has 1 heterocycles. The van der Waals surface area contributed by atoms with E-state index in [-0.39, 0.29) is 0 Å². The molecule has 0 bridgehead atoms. The summed E-state index contributed by atoms with van der Waals surface area (Å²) < 4.78 is 1.03. The fraction of sp³-hybridized carbons (Fsp3) is 0.444. The second-order valence-corrected chi connectivity index (χ2v) is 3.80. The van der Waals surface area contributed by atoms with Gasteiger partial charge in [-0.2, -0.15) is 0 Å². The molecule has 0 aliphatic carbocycles. The molecule has 72 valence electrons. The lowest BCUT2D eigenvalue weighted by atomic mass is 10.3. The molecule has 0 radical (unpaired) electrons. The van der Waals surface area contributed by atoms with Gasteiger partial charge in [0.1, 0.15) is 0 Å². The Kier molecular flexibility index (Phi) is 4.35. The number of halogens is 1. The monoisotopic (exact) mass is 243 g/mol. The average molecular weight is 244 g/mol. The Hall–Kier alpha value is -0.450. The molecule has 4 heteroatoms. The molecule has 0 aliphatic rings. The van der Waals surface area contributed by atoms with Crippen molar-refractivity contribution in [3.8, 4) is 0 Å². The molecule has 0 unspecified atom stereocenters. The van der Waals surface area contributed by atoms with E-state index in [1.807, 2.05) is 12.1 Å². The number of aromatic nitrogens is 1. The Bertz CT molecular complexity index is 265. The molecule has 1 atom stereocenters. The molecular formula is C9H14BrN3. The lowest BCUT2D eigenvalue weighted by Gasteiger charge is -2.10. The van der Waals surface area contributed by atoms with E-state index in [4.69, 9.17) is 5.73 Å². The van der Waals surface area contributed by atoms with Crippen molar-refractivity contribution in [2.75, 3.05) is 6.54 Å². The van der Waals surface area contributed by atoms with E-state index in [9.17, 15) is 0 Å². The van der Waals surface area contributed by atoms with Crippen LogP contribution in [0.3, 0.4) is 0 Å². The molecule has 0 aliphatic heterocycles. The Labute approximate surface area is 86.9 Å². The number of rotatable bonds is 4. The third-order valence-electron chi connectivity index (χ3n) is 1.81. The molecule has 0 saturated heterocycles. The molecule has 3 N–H and O–H groups in total. The molecule has 1 aromatic rings. The highest BCUT2D eigenvalue weighted by atomic mass is 79.9. The summed E-state index contributed by atoms with van der Waals surface area (Å²) in [6, 6.07) is 4.21. The van der Waals surface area contributed by atoms with Gasteiger partial charge in [-0.3, -0.25) is 4.98 Å². The van der Waals surface area contributed by atoms with Gasteiger partial charge in [-0.15, -0.1) is 0 Å². The highest BCUT2D eigenvalue weighted by Crippen LogP contribution is 2.12. The normalized spacial score (nSPS) is 12.8. The van der Waals surface area contributed by atoms with Crippen molar-refractivity contribution in [2.24, 2.45) is 5.73 Å². The minimum absolute atomic E-state index is 0.328. The highest BCUT2D eigenvalue weighted by Gasteiger charge is 2.01. The Balaban J connectivity index is 2.50. The van der Waals surface area contributed by atoms with Crippen LogP contribution in [0.1, 0.15) is 12.6 Å². The zero-order valence-electron chi connectivity index (χ0n) is 7.63. The van der Waals surface area contributed by atoms with Crippen molar-refractivity contribution in [1.82, 2.24) is 10.3 Å². The first-order chi connectivity index (χ1) is 6.24. The summed E-state index contributed by atoms with van der Waals surface area (Å²) >= 11 is 3.43. The molecule has 3 nitrogen and oxygen atoms in total. The maximum atomic E-state index is 5.48. The van der Waals surface area contributed by atoms with Crippen LogP contribution in [-0.4, -0.2) is 17.6 Å². The maximum Gasteiger partial charge on any atom is 0.0683 e. The van der Waals surface area contributed by atoms with E-state index in [0.717, 1.165) is 16.7 Å². The fourth-order valence-electron chi connectivity index (χ4n) is 0.903. The van der Waals surface area contributed by atoms with Gasteiger partial charge in [-0.05, 0) is 35.0 Å². The van der Waals surface area contributed by atoms with Gasteiger partial charge in [0, 0.05) is 29.8 Å². The fourth-order valence-corrected chi connectivity index (χ4v) is 1.30. The van der Waals surface area contributed by atoms with Crippen LogP contribution < -0.4 is 11.1 Å². The summed E-state index contributed by atoms with van der Waals surface area (Å²) in [6.07, 6.45) is 1.79. The van der Waals surface area contributed by atoms with Crippen molar-refractivity contribution < 1.29 is 0 Å². The molecule has 0 amide bonds. The van der Waals surface area contributed by atoms with Crippen LogP contribution in [0.5, 0.6) is 0 Å². The number of nitrogens with zero attached hydrogens (tertiary/aromatic N) is 1. The highest BCUT2D eigenvalue weighted by molar-refractivity contribution is 9.10. The van der Waals surface area contributed by atoms with Gasteiger partial charge in [0.2, 0.25) is 0 Å². The van der Waals surface area contributed by atoms with Crippen LogP contribution in [0.2, 0.25) is 0 Å². The third-order valence-corrected chi connectivity index (χ3v) is 2.53. The van der Waals surface area contributed by atoms with Gasteiger partial charge in [-0.25, -0.2) is 0 Å². The van der Waals surface area contributed by atoms with Crippen LogP contribution in [-0.2, 0) is 6.54 Å². The van der Waals surface area contributed by atoms with Crippen LogP contribution in [0.4, 0.5) is 0 Å². The van der Waals surface area contributed by atoms with Gasteiger partial charge in [-0.1, -0.05) is 0 Å². The lowest BCUT2D eigenvalue weighted by Crippen LogP contribution is -2.32. The first kappa shape index (κ1) is 10.6.